The van der Waals surface area contributed by atoms with Crippen molar-refractivity contribution in [3.63, 3.8) is 0 Å². The Kier molecular flexibility index (Phi) is 4.08. The van der Waals surface area contributed by atoms with Gasteiger partial charge in [0.2, 0.25) is 5.91 Å². The van der Waals surface area contributed by atoms with Crippen molar-refractivity contribution >= 4 is 11.5 Å². The Balaban J connectivity index is 1.48. The van der Waals surface area contributed by atoms with Crippen LogP contribution in [0.15, 0.2) is 36.2 Å². The average Bonchev–Trinajstić information content (AvgIpc) is 2.93. The van der Waals surface area contributed by atoms with Gasteiger partial charge in [0.1, 0.15) is 0 Å². The number of allylic oxidation sites excluding steroid dienone is 4. The van der Waals surface area contributed by atoms with E-state index in [1.54, 1.807) is 5.57 Å². The standard InChI is InChI=1S/C25H32N2O/c1-16-9-12-26-15-19(16)21-7-6-20-18-5-4-17-14-23(28)27-13-11-24(17,2)22(18)8-10-25(20,21)3/h6-7,9,12,15,17-18,22H,4-5,8,10-11,13-14H2,1-3H3,(H,27,28)/t17?,18?,22?,24-,25-/m0/s1. The second-order valence-corrected chi connectivity index (χ2v) is 10.1. The molecular weight excluding hydrogens is 344 g/mol. The summed E-state index contributed by atoms with van der Waals surface area (Å²) in [5.41, 5.74) is 6.21. The molecule has 2 saturated carbocycles. The lowest BCUT2D eigenvalue weighted by Gasteiger charge is -2.56. The first-order chi connectivity index (χ1) is 13.4. The predicted molar refractivity (Wildman–Crippen MR) is 112 cm³/mol. The van der Waals surface area contributed by atoms with E-state index in [9.17, 15) is 4.79 Å². The molecule has 1 N–H and O–H groups in total. The Morgan fingerprint density at radius 2 is 2.00 bits per heavy atom. The van der Waals surface area contributed by atoms with Crippen molar-refractivity contribution in [2.75, 3.05) is 6.54 Å². The number of carbonyl (C=O) groups excluding carboxylic acids is 1. The summed E-state index contributed by atoms with van der Waals surface area (Å²) in [6.45, 7) is 8.01. The van der Waals surface area contributed by atoms with Gasteiger partial charge >= 0.3 is 0 Å². The third-order valence-corrected chi connectivity index (χ3v) is 8.85. The van der Waals surface area contributed by atoms with Crippen LogP contribution in [-0.4, -0.2) is 17.4 Å². The summed E-state index contributed by atoms with van der Waals surface area (Å²) in [7, 11) is 0. The van der Waals surface area contributed by atoms with Crippen LogP contribution in [0, 0.1) is 35.5 Å². The molecule has 1 saturated heterocycles. The number of hydrogen-bond donors (Lipinski definition) is 1. The summed E-state index contributed by atoms with van der Waals surface area (Å²) in [6.07, 6.45) is 15.6. The predicted octanol–water partition coefficient (Wildman–Crippen LogP) is 5.07. The van der Waals surface area contributed by atoms with E-state index in [0.717, 1.165) is 19.4 Å². The first-order valence-corrected chi connectivity index (χ1v) is 11.0. The van der Waals surface area contributed by atoms with Gasteiger partial charge in [0.05, 0.1) is 0 Å². The van der Waals surface area contributed by atoms with Crippen molar-refractivity contribution in [3.05, 3.63) is 47.3 Å². The van der Waals surface area contributed by atoms with Gasteiger partial charge in [0.25, 0.3) is 0 Å². The maximum absolute atomic E-state index is 12.2. The van der Waals surface area contributed by atoms with E-state index in [1.807, 2.05) is 6.20 Å². The van der Waals surface area contributed by atoms with Gasteiger partial charge in [-0.2, -0.15) is 0 Å². The van der Waals surface area contributed by atoms with Crippen molar-refractivity contribution in [2.45, 2.75) is 59.3 Å². The molecule has 4 aliphatic rings. The van der Waals surface area contributed by atoms with Crippen LogP contribution in [0.25, 0.3) is 5.57 Å². The number of hydrogen-bond acceptors (Lipinski definition) is 2. The number of amides is 1. The van der Waals surface area contributed by atoms with E-state index in [-0.39, 0.29) is 16.7 Å². The fourth-order valence-corrected chi connectivity index (χ4v) is 7.15. The fourth-order valence-electron chi connectivity index (χ4n) is 7.15. The molecule has 5 rings (SSSR count). The highest BCUT2D eigenvalue weighted by Crippen LogP contribution is 2.65. The summed E-state index contributed by atoms with van der Waals surface area (Å²) in [5.74, 6) is 2.19. The van der Waals surface area contributed by atoms with Gasteiger partial charge in [-0.25, -0.2) is 0 Å². The highest BCUT2D eigenvalue weighted by Gasteiger charge is 2.55. The number of fused-ring (bicyclic) bond motifs is 5. The SMILES string of the molecule is Cc1ccncc1C1=CC=C2C3CCC4CC(=O)NCC[C@]4(C)C3CC[C@]12C. The Labute approximate surface area is 168 Å². The minimum absolute atomic E-state index is 0.150. The smallest absolute Gasteiger partial charge is 0.220 e. The zero-order valence-electron chi connectivity index (χ0n) is 17.4. The Bertz CT molecular complexity index is 884. The van der Waals surface area contributed by atoms with Crippen molar-refractivity contribution in [1.82, 2.24) is 10.3 Å². The van der Waals surface area contributed by atoms with E-state index in [1.165, 1.54) is 42.4 Å². The minimum atomic E-state index is 0.150. The van der Waals surface area contributed by atoms with Crippen LogP contribution >= 0.6 is 0 Å². The van der Waals surface area contributed by atoms with Crippen LogP contribution in [0.2, 0.25) is 0 Å². The molecular formula is C25H32N2O. The largest absolute Gasteiger partial charge is 0.356 e. The number of nitrogens with zero attached hydrogens (tertiary/aromatic N) is 1. The van der Waals surface area contributed by atoms with Gasteiger partial charge in [-0.05, 0) is 85.0 Å². The quantitative estimate of drug-likeness (QED) is 0.743. The van der Waals surface area contributed by atoms with Crippen LogP contribution in [0.5, 0.6) is 0 Å². The molecule has 2 heterocycles. The van der Waals surface area contributed by atoms with Crippen LogP contribution in [0.4, 0.5) is 0 Å². The molecule has 3 aliphatic carbocycles. The van der Waals surface area contributed by atoms with Crippen molar-refractivity contribution in [1.29, 1.82) is 0 Å². The Morgan fingerprint density at radius 3 is 2.82 bits per heavy atom. The molecule has 3 unspecified atom stereocenters. The summed E-state index contributed by atoms with van der Waals surface area (Å²) in [4.78, 5) is 16.6. The molecule has 5 atom stereocenters. The van der Waals surface area contributed by atoms with E-state index in [2.05, 4.69) is 55.5 Å². The van der Waals surface area contributed by atoms with Gasteiger partial charge in [-0.3, -0.25) is 9.78 Å². The highest BCUT2D eigenvalue weighted by atomic mass is 16.1. The molecule has 0 aromatic carbocycles. The first-order valence-electron chi connectivity index (χ1n) is 11.0. The number of aryl methyl sites for hydroxylation is 1. The zero-order valence-corrected chi connectivity index (χ0v) is 17.4. The summed E-state index contributed by atoms with van der Waals surface area (Å²) in [5, 5.41) is 3.14. The zero-order chi connectivity index (χ0) is 19.5. The molecule has 3 heteroatoms. The van der Waals surface area contributed by atoms with Crippen molar-refractivity contribution in [3.8, 4) is 0 Å². The lowest BCUT2D eigenvalue weighted by Crippen LogP contribution is -2.48. The molecule has 3 nitrogen and oxygen atoms in total. The average molecular weight is 377 g/mol. The summed E-state index contributed by atoms with van der Waals surface area (Å²) < 4.78 is 0. The van der Waals surface area contributed by atoms with E-state index >= 15 is 0 Å². The summed E-state index contributed by atoms with van der Waals surface area (Å²) in [6, 6.07) is 2.13. The fraction of sp³-hybridized carbons (Fsp3) is 0.600. The molecule has 28 heavy (non-hydrogen) atoms. The monoisotopic (exact) mass is 376 g/mol. The van der Waals surface area contributed by atoms with E-state index in [0.29, 0.717) is 17.8 Å². The second kappa shape index (κ2) is 6.30. The number of carbonyl (C=O) groups is 1. The van der Waals surface area contributed by atoms with Gasteiger partial charge < -0.3 is 5.32 Å². The van der Waals surface area contributed by atoms with Crippen LogP contribution in [-0.2, 0) is 4.79 Å². The molecule has 148 valence electrons. The number of rotatable bonds is 1. The molecule has 0 radical (unpaired) electrons. The van der Waals surface area contributed by atoms with Gasteiger partial charge in [0, 0.05) is 30.8 Å². The van der Waals surface area contributed by atoms with E-state index in [4.69, 9.17) is 0 Å². The molecule has 0 bridgehead atoms. The molecule has 1 aromatic heterocycles. The normalized spacial score (nSPS) is 39.7. The third-order valence-electron chi connectivity index (χ3n) is 8.85. The van der Waals surface area contributed by atoms with Gasteiger partial charge in [0.15, 0.2) is 0 Å². The molecule has 3 fully saturated rings. The molecule has 1 aliphatic heterocycles. The minimum Gasteiger partial charge on any atom is -0.356 e. The number of nitrogens with one attached hydrogen (secondary N) is 1. The maximum Gasteiger partial charge on any atom is 0.220 e. The van der Waals surface area contributed by atoms with Crippen LogP contribution < -0.4 is 5.32 Å². The number of aromatic nitrogens is 1. The number of pyridine rings is 1. The lowest BCUT2D eigenvalue weighted by molar-refractivity contribution is -0.123. The first kappa shape index (κ1) is 18.1. The van der Waals surface area contributed by atoms with Crippen molar-refractivity contribution in [2.24, 2.45) is 28.6 Å². The highest BCUT2D eigenvalue weighted by molar-refractivity contribution is 5.80. The second-order valence-electron chi connectivity index (χ2n) is 10.1. The Hall–Kier alpha value is -1.90. The van der Waals surface area contributed by atoms with E-state index < -0.39 is 0 Å². The van der Waals surface area contributed by atoms with Crippen molar-refractivity contribution < 1.29 is 4.79 Å². The maximum atomic E-state index is 12.2. The third kappa shape index (κ3) is 2.47. The topological polar surface area (TPSA) is 42.0 Å². The molecule has 1 aromatic rings. The summed E-state index contributed by atoms with van der Waals surface area (Å²) >= 11 is 0. The molecule has 0 spiro atoms. The van der Waals surface area contributed by atoms with Crippen LogP contribution in [0.3, 0.4) is 0 Å². The Morgan fingerprint density at radius 1 is 1.14 bits per heavy atom. The van der Waals surface area contributed by atoms with Crippen LogP contribution in [0.1, 0.15) is 63.5 Å². The lowest BCUT2D eigenvalue weighted by atomic mass is 9.47. The van der Waals surface area contributed by atoms with Gasteiger partial charge in [-0.1, -0.05) is 31.6 Å². The molecule has 1 amide bonds. The van der Waals surface area contributed by atoms with Gasteiger partial charge in [-0.15, -0.1) is 0 Å².